The van der Waals surface area contributed by atoms with Crippen molar-refractivity contribution in [2.24, 2.45) is 28.7 Å². The van der Waals surface area contributed by atoms with Crippen molar-refractivity contribution in [1.29, 1.82) is 0 Å². The van der Waals surface area contributed by atoms with Crippen molar-refractivity contribution in [1.82, 2.24) is 26.6 Å². The predicted molar refractivity (Wildman–Crippen MR) is 408 cm³/mol. The Morgan fingerprint density at radius 1 is 0.421 bits per heavy atom. The molecule has 5 fully saturated rings. The number of aliphatic hydroxyl groups excluding tert-OH is 14. The van der Waals surface area contributed by atoms with Crippen LogP contribution in [0.5, 0.6) is 5.75 Å². The van der Waals surface area contributed by atoms with Crippen LogP contribution in [0.3, 0.4) is 0 Å². The Hall–Kier alpha value is -7.78. The molecule has 0 spiro atoms. The van der Waals surface area contributed by atoms with Crippen LogP contribution in [0.2, 0.25) is 0 Å². The van der Waals surface area contributed by atoms with Gasteiger partial charge in [-0.3, -0.25) is 43.2 Å². The summed E-state index contributed by atoms with van der Waals surface area (Å²) in [5, 5.41) is 161. The minimum atomic E-state index is -1.95. The van der Waals surface area contributed by atoms with Crippen molar-refractivity contribution < 1.29 is 186 Å². The summed E-state index contributed by atoms with van der Waals surface area (Å²) >= 11 is 0. The Morgan fingerprint density at radius 3 is 1.24 bits per heavy atom. The molecule has 15 unspecified atom stereocenters. The third kappa shape index (κ3) is 29.2. The van der Waals surface area contributed by atoms with E-state index >= 15 is 0 Å². The molecule has 0 aromatic heterocycles. The van der Waals surface area contributed by atoms with E-state index in [1.165, 1.54) is 18.2 Å². The Bertz CT molecular complexity index is 3490. The predicted octanol–water partition coefficient (Wildman–Crippen LogP) is -6.17. The van der Waals surface area contributed by atoms with Gasteiger partial charge in [-0.15, -0.1) is 0 Å². The summed E-state index contributed by atoms with van der Waals surface area (Å²) in [4.78, 5) is 121. The average Bonchev–Trinajstić information content (AvgIpc) is 0.789. The standard InChI is InChI=1S/C77H120N6O38/c1-78-18-12-6-9-15-53(86)79-21-24-111-40-28-38(68(101)82-19-13-7-10-16-54(87)80-22-25-112-74-64(97)62(95)58(91)51(120-74)36-114-45-30-41(70(103)107-2)43(72(105)109-4)32-47(45)116-76-66(99)60(93)56(89)49(34-84)118-76)27-39(29-40)69(102)83-20-14-8-11-17-55(88)81-23-26-113-75-65(98)63(96)59(92)52(121-75)37-115-46-31-42(71(104)108-3)44(73(106)110-5)33-48(46)117-77-67(100)61(94)57(90)50(35-85)119-77/h27-29,41-52,56-66,74-76,84-85,89-100H,1,6-26,30-37H2,2-5H3,(H,79,86)(H,80,87)(H,81,88)(H,82,101)(H,83,102)/t41?,42?,43-,44-,45-,46-,47?,48?,49?,50?,51?,52?,56+,57+,58+,59+,60?,61?,62?,63?,64?,65?,66?,74+,75-,76-/m0/s1. The van der Waals surface area contributed by atoms with Gasteiger partial charge in [0.1, 0.15) is 104 Å². The van der Waals surface area contributed by atoms with Crippen LogP contribution in [0, 0.1) is 23.7 Å². The second-order valence-corrected chi connectivity index (χ2v) is 30.0. The fourth-order valence-electron chi connectivity index (χ4n) is 14.6. The lowest BCUT2D eigenvalue weighted by Crippen LogP contribution is -2.61. The van der Waals surface area contributed by atoms with E-state index in [9.17, 15) is 115 Å². The van der Waals surface area contributed by atoms with Crippen LogP contribution in [0.4, 0.5) is 0 Å². The Kier molecular flexibility index (Phi) is 42.2. The van der Waals surface area contributed by atoms with Gasteiger partial charge in [-0.2, -0.15) is 0 Å². The molecule has 44 nitrogen and oxygen atoms in total. The number of amides is 5. The Labute approximate surface area is 697 Å². The number of esters is 4. The first-order valence-electron chi connectivity index (χ1n) is 40.4. The van der Waals surface area contributed by atoms with Gasteiger partial charge in [-0.1, -0.05) is 19.3 Å². The zero-order valence-electron chi connectivity index (χ0n) is 68.0. The Morgan fingerprint density at radius 2 is 0.810 bits per heavy atom. The first-order valence-corrected chi connectivity index (χ1v) is 40.4. The molecule has 3 saturated heterocycles. The average molecular weight is 1740 g/mol. The topological polar surface area (TPSA) is 648 Å². The molecule has 4 aliphatic heterocycles. The summed E-state index contributed by atoms with van der Waals surface area (Å²) in [5.41, 5.74) is 0.166. The molecule has 44 heteroatoms. The summed E-state index contributed by atoms with van der Waals surface area (Å²) in [7, 11) is 4.39. The summed E-state index contributed by atoms with van der Waals surface area (Å²) in [6.45, 7) is 1.11. The number of unbranched alkanes of at least 4 members (excludes halogenated alkanes) is 6. The van der Waals surface area contributed by atoms with Gasteiger partial charge in [0.2, 0.25) is 23.5 Å². The molecule has 19 N–H and O–H groups in total. The summed E-state index contributed by atoms with van der Waals surface area (Å²) in [5.74, 6) is -11.5. The molecule has 121 heavy (non-hydrogen) atoms. The normalized spacial score (nSPS) is 31.7. The molecule has 0 radical (unpaired) electrons. The maximum Gasteiger partial charge on any atom is 0.322 e. The van der Waals surface area contributed by atoms with Gasteiger partial charge in [0, 0.05) is 69.5 Å². The molecule has 1 aromatic rings. The molecule has 6 aliphatic rings. The summed E-state index contributed by atoms with van der Waals surface area (Å²) < 4.78 is 83.7. The first-order chi connectivity index (χ1) is 57.9. The van der Waals surface area contributed by atoms with Gasteiger partial charge in [0.25, 0.3) is 11.8 Å². The first kappa shape index (κ1) is 100. The molecule has 2 saturated carbocycles. The minimum Gasteiger partial charge on any atom is -0.504 e. The number of hydrogen-bond donors (Lipinski definition) is 19. The molecule has 4 heterocycles. The zero-order chi connectivity index (χ0) is 88.6. The van der Waals surface area contributed by atoms with Crippen molar-refractivity contribution >= 4 is 60.1 Å². The minimum absolute atomic E-state index is 0.00405. The number of nitrogens with one attached hydrogen (secondary N) is 5. The zero-order valence-corrected chi connectivity index (χ0v) is 68.0. The van der Waals surface area contributed by atoms with Crippen LogP contribution >= 0.6 is 0 Å². The van der Waals surface area contributed by atoms with E-state index in [1.54, 1.807) is 0 Å². The molecular weight excluding hydrogens is 1620 g/mol. The van der Waals surface area contributed by atoms with E-state index in [1.807, 2.05) is 0 Å². The van der Waals surface area contributed by atoms with Crippen molar-refractivity contribution in [3.05, 3.63) is 41.0 Å². The van der Waals surface area contributed by atoms with Crippen molar-refractivity contribution in [2.75, 3.05) is 114 Å². The van der Waals surface area contributed by atoms with Gasteiger partial charge in [0.15, 0.2) is 25.0 Å². The lowest BCUT2D eigenvalue weighted by molar-refractivity contribution is -0.326. The van der Waals surface area contributed by atoms with Crippen LogP contribution in [0.25, 0.3) is 0 Å². The Balaban J connectivity index is 0.824. The highest BCUT2D eigenvalue weighted by atomic mass is 16.7. The molecule has 2 aliphatic carbocycles. The number of methoxy groups -OCH3 is 4. The van der Waals surface area contributed by atoms with E-state index in [2.05, 4.69) is 38.3 Å². The SMILES string of the molecule is C=NCCCCCC(=O)NCCOc1cc(C(=O)NCCCCCC(=O)NCCO[C@@H]2OC(CO[C@H]3CC(C(=O)OC)[C@@H](C(=O)OC)CC3O[C@H]3OC(CO)[C@@H](O)C(O)C3O)[C@@H](O)C(O)C2O)cc(C(=O)NCCCCCC(=O)NCCO[C@H]2OC(CO[C@H]3CC(C(=O)OC)[C@@H](C(=O)OC)CC3OC3=C(O)C(O)[C@H](O)C(CO)O3)[C@@H](O)C(O)C2O)c1. The summed E-state index contributed by atoms with van der Waals surface area (Å²) in [6, 6.07) is 4.28. The quantitative estimate of drug-likeness (QED) is 0.0125. The third-order valence-corrected chi connectivity index (χ3v) is 21.6. The van der Waals surface area contributed by atoms with E-state index in [0.29, 0.717) is 57.9 Å². The van der Waals surface area contributed by atoms with E-state index < -0.39 is 232 Å². The highest BCUT2D eigenvalue weighted by Crippen LogP contribution is 2.41. The fourth-order valence-corrected chi connectivity index (χ4v) is 14.6. The van der Waals surface area contributed by atoms with Gasteiger partial charge in [-0.05, 0) is 82.7 Å². The van der Waals surface area contributed by atoms with E-state index in [4.69, 9.17) is 71.1 Å². The molecule has 7 rings (SSSR count). The van der Waals surface area contributed by atoms with Crippen LogP contribution in [-0.2, 0) is 99.9 Å². The summed E-state index contributed by atoms with van der Waals surface area (Å²) in [6.07, 6.45) is -31.3. The highest BCUT2D eigenvalue weighted by molar-refractivity contribution is 6.00. The number of nitrogens with zero attached hydrogens (tertiary/aromatic N) is 1. The number of hydrogen-bond acceptors (Lipinski definition) is 39. The molecule has 5 amide bonds. The number of aliphatic hydroxyl groups is 14. The van der Waals surface area contributed by atoms with Crippen molar-refractivity contribution in [3.8, 4) is 5.75 Å². The van der Waals surface area contributed by atoms with Gasteiger partial charge in [-0.25, -0.2) is 0 Å². The van der Waals surface area contributed by atoms with Crippen LogP contribution in [0.15, 0.2) is 34.9 Å². The van der Waals surface area contributed by atoms with Crippen LogP contribution in [-0.4, -0.2) is 380 Å². The fraction of sp³-hybridized carbons (Fsp3) is 0.766. The smallest absolute Gasteiger partial charge is 0.322 e. The number of ether oxygens (including phenoxy) is 15. The molecule has 0 bridgehead atoms. The van der Waals surface area contributed by atoms with Gasteiger partial charge < -0.3 is 174 Å². The van der Waals surface area contributed by atoms with Gasteiger partial charge in [0.05, 0.1) is 117 Å². The number of carbonyl (C=O) groups excluding carboxylic acids is 9. The monoisotopic (exact) mass is 1740 g/mol. The lowest BCUT2D eigenvalue weighted by atomic mass is 9.76. The van der Waals surface area contributed by atoms with E-state index in [0.717, 1.165) is 41.3 Å². The number of benzene rings is 1. The molecular formula is C77H120N6O38. The highest BCUT2D eigenvalue weighted by Gasteiger charge is 2.54. The largest absolute Gasteiger partial charge is 0.504 e. The van der Waals surface area contributed by atoms with Crippen LogP contribution < -0.4 is 31.3 Å². The maximum absolute atomic E-state index is 13.6. The molecule has 26 atom stereocenters. The maximum atomic E-state index is 13.6. The number of rotatable bonds is 48. The van der Waals surface area contributed by atoms with Crippen molar-refractivity contribution in [2.45, 2.75) is 238 Å². The lowest BCUT2D eigenvalue weighted by Gasteiger charge is -2.45. The number of aliphatic imine (C=N–C) groups is 1. The van der Waals surface area contributed by atoms with Crippen molar-refractivity contribution in [3.63, 3.8) is 0 Å². The van der Waals surface area contributed by atoms with E-state index in [-0.39, 0.29) is 126 Å². The van der Waals surface area contributed by atoms with Gasteiger partial charge >= 0.3 is 29.8 Å². The number of carbonyl (C=O) groups is 9. The second kappa shape index (κ2) is 50.9. The third-order valence-electron chi connectivity index (χ3n) is 21.6. The molecule has 1 aromatic carbocycles. The van der Waals surface area contributed by atoms with Crippen LogP contribution in [0.1, 0.15) is 123 Å². The molecule has 686 valence electrons. The second-order valence-electron chi connectivity index (χ2n) is 30.0.